The van der Waals surface area contributed by atoms with E-state index in [1.807, 2.05) is 57.2 Å². The normalized spacial score (nSPS) is 11.3. The zero-order valence-electron chi connectivity index (χ0n) is 18.5. The van der Waals surface area contributed by atoms with Crippen LogP contribution in [0.4, 0.5) is 0 Å². The van der Waals surface area contributed by atoms with E-state index in [4.69, 9.17) is 18.3 Å². The molecule has 0 spiro atoms. The summed E-state index contributed by atoms with van der Waals surface area (Å²) in [4.78, 5) is 24.6. The van der Waals surface area contributed by atoms with Gasteiger partial charge in [0.25, 0.3) is 0 Å². The van der Waals surface area contributed by atoms with Crippen LogP contribution in [0.15, 0.2) is 62.2 Å². The molecule has 0 N–H and O–H groups in total. The summed E-state index contributed by atoms with van der Waals surface area (Å²) in [6.45, 7) is 5.80. The first-order valence-electron chi connectivity index (χ1n) is 10.3. The fourth-order valence-corrected chi connectivity index (χ4v) is 4.59. The molecule has 166 valence electrons. The Bertz CT molecular complexity index is 1580. The summed E-state index contributed by atoms with van der Waals surface area (Å²) in [5.41, 5.74) is 5.36. The zero-order valence-corrected chi connectivity index (χ0v) is 19.3. The van der Waals surface area contributed by atoms with Gasteiger partial charge in [0, 0.05) is 22.6 Å². The van der Waals surface area contributed by atoms with Gasteiger partial charge in [-0.05, 0) is 55.7 Å². The van der Waals surface area contributed by atoms with Gasteiger partial charge in [0.1, 0.15) is 17.1 Å². The van der Waals surface area contributed by atoms with Crippen molar-refractivity contribution in [1.29, 1.82) is 0 Å². The van der Waals surface area contributed by atoms with Crippen LogP contribution in [0.5, 0.6) is 11.5 Å². The lowest BCUT2D eigenvalue weighted by Crippen LogP contribution is -2.08. The number of carbonyl (C=O) groups excluding carboxylic acids is 1. The first-order chi connectivity index (χ1) is 15.9. The summed E-state index contributed by atoms with van der Waals surface area (Å²) >= 11 is 0.955. The van der Waals surface area contributed by atoms with E-state index in [1.165, 1.54) is 0 Å². The second kappa shape index (κ2) is 7.94. The third kappa shape index (κ3) is 3.60. The summed E-state index contributed by atoms with van der Waals surface area (Å²) in [5, 5.41) is 0.882. The third-order valence-electron chi connectivity index (χ3n) is 5.83. The van der Waals surface area contributed by atoms with Gasteiger partial charge in [-0.25, -0.2) is 9.59 Å². The lowest BCUT2D eigenvalue weighted by molar-refractivity contribution is 0.0703. The monoisotopic (exact) mass is 460 g/mol. The molecule has 0 bridgehead atoms. The van der Waals surface area contributed by atoms with Crippen LogP contribution in [0.2, 0.25) is 0 Å². The van der Waals surface area contributed by atoms with E-state index in [1.54, 1.807) is 19.2 Å². The van der Waals surface area contributed by atoms with Gasteiger partial charge in [-0.15, -0.1) is 0 Å². The minimum Gasteiger partial charge on any atom is -0.497 e. The van der Waals surface area contributed by atoms with Gasteiger partial charge in [-0.2, -0.15) is 0 Å². The number of hydrogen-bond acceptors (Lipinski definition) is 7. The van der Waals surface area contributed by atoms with Crippen molar-refractivity contribution in [2.24, 2.45) is 0 Å². The number of ether oxygens (including phenoxy) is 2. The number of furan rings is 1. The van der Waals surface area contributed by atoms with E-state index in [9.17, 15) is 9.59 Å². The predicted molar refractivity (Wildman–Crippen MR) is 128 cm³/mol. The Morgan fingerprint density at radius 2 is 1.64 bits per heavy atom. The van der Waals surface area contributed by atoms with E-state index in [0.717, 1.165) is 39.0 Å². The van der Waals surface area contributed by atoms with Crippen LogP contribution in [0.1, 0.15) is 27.2 Å². The first-order valence-corrected chi connectivity index (χ1v) is 11.1. The summed E-state index contributed by atoms with van der Waals surface area (Å²) in [6.07, 6.45) is 0. The maximum Gasteiger partial charge on any atom is 0.396 e. The maximum absolute atomic E-state index is 13.1. The number of benzene rings is 3. The fourth-order valence-electron chi connectivity index (χ4n) is 3.86. The number of aryl methyl sites for hydroxylation is 3. The molecular formula is C26H20O6S. The van der Waals surface area contributed by atoms with Crippen LogP contribution in [0.25, 0.3) is 32.4 Å². The third-order valence-corrected chi connectivity index (χ3v) is 6.60. The largest absolute Gasteiger partial charge is 0.497 e. The molecule has 5 aromatic rings. The summed E-state index contributed by atoms with van der Waals surface area (Å²) < 4.78 is 22.9. The molecule has 0 saturated carbocycles. The Morgan fingerprint density at radius 3 is 2.36 bits per heavy atom. The van der Waals surface area contributed by atoms with Crippen LogP contribution in [-0.2, 0) is 0 Å². The van der Waals surface area contributed by atoms with Crippen LogP contribution in [-0.4, -0.2) is 13.1 Å². The topological polar surface area (TPSA) is 78.9 Å². The van der Waals surface area contributed by atoms with Crippen molar-refractivity contribution in [2.75, 3.05) is 7.11 Å². The number of esters is 1. The van der Waals surface area contributed by atoms with E-state index in [0.29, 0.717) is 32.9 Å². The van der Waals surface area contributed by atoms with Crippen molar-refractivity contribution in [2.45, 2.75) is 20.8 Å². The van der Waals surface area contributed by atoms with Gasteiger partial charge in [0.15, 0.2) is 5.58 Å². The average molecular weight is 461 g/mol. The second-order valence-corrected chi connectivity index (χ2v) is 8.79. The zero-order chi connectivity index (χ0) is 23.3. The molecule has 0 radical (unpaired) electrons. The molecule has 6 nitrogen and oxygen atoms in total. The Morgan fingerprint density at radius 1 is 0.879 bits per heavy atom. The molecule has 0 aliphatic heterocycles. The Kier molecular flexibility index (Phi) is 5.06. The van der Waals surface area contributed by atoms with Gasteiger partial charge in [-0.1, -0.05) is 35.6 Å². The van der Waals surface area contributed by atoms with Crippen molar-refractivity contribution < 1.29 is 23.1 Å². The fraction of sp³-hybridized carbons (Fsp3) is 0.154. The molecule has 2 heterocycles. The lowest BCUT2D eigenvalue weighted by Gasteiger charge is -2.08. The van der Waals surface area contributed by atoms with Gasteiger partial charge in [0.05, 0.1) is 11.8 Å². The van der Waals surface area contributed by atoms with Gasteiger partial charge < -0.3 is 18.3 Å². The first kappa shape index (κ1) is 21.0. The molecule has 5 rings (SSSR count). The molecule has 33 heavy (non-hydrogen) atoms. The molecule has 0 atom stereocenters. The highest BCUT2D eigenvalue weighted by Gasteiger charge is 2.22. The number of hydrogen-bond donors (Lipinski definition) is 0. The van der Waals surface area contributed by atoms with Crippen LogP contribution >= 0.6 is 11.3 Å². The van der Waals surface area contributed by atoms with Crippen LogP contribution in [0, 0.1) is 20.8 Å². The van der Waals surface area contributed by atoms with Crippen molar-refractivity contribution in [3.05, 3.63) is 80.7 Å². The predicted octanol–water partition coefficient (Wildman–Crippen LogP) is 6.42. The molecular weight excluding hydrogens is 440 g/mol. The van der Waals surface area contributed by atoms with Crippen molar-refractivity contribution >= 4 is 38.6 Å². The molecule has 3 aromatic carbocycles. The Hall–Kier alpha value is -3.84. The Balaban J connectivity index is 1.57. The molecule has 0 unspecified atom stereocenters. The van der Waals surface area contributed by atoms with Crippen molar-refractivity contribution in [3.8, 4) is 22.6 Å². The van der Waals surface area contributed by atoms with Crippen molar-refractivity contribution in [3.63, 3.8) is 0 Å². The molecule has 0 fully saturated rings. The van der Waals surface area contributed by atoms with E-state index in [2.05, 4.69) is 0 Å². The van der Waals surface area contributed by atoms with E-state index >= 15 is 0 Å². The number of methoxy groups -OCH3 is 1. The number of fused-ring (bicyclic) bond motifs is 2. The molecule has 2 aromatic heterocycles. The Labute approximate surface area is 193 Å². The average Bonchev–Trinajstić information content (AvgIpc) is 3.35. The van der Waals surface area contributed by atoms with Crippen LogP contribution in [0.3, 0.4) is 0 Å². The van der Waals surface area contributed by atoms with E-state index in [-0.39, 0.29) is 5.76 Å². The highest BCUT2D eigenvalue weighted by atomic mass is 32.1. The minimum absolute atomic E-state index is 0.158. The van der Waals surface area contributed by atoms with Crippen molar-refractivity contribution in [1.82, 2.24) is 0 Å². The maximum atomic E-state index is 13.1. The van der Waals surface area contributed by atoms with Crippen LogP contribution < -0.4 is 14.4 Å². The molecule has 0 amide bonds. The quantitative estimate of drug-likeness (QED) is 0.227. The van der Waals surface area contributed by atoms with E-state index < -0.39 is 10.9 Å². The summed E-state index contributed by atoms with van der Waals surface area (Å²) in [6, 6.07) is 14.6. The second-order valence-electron chi connectivity index (χ2n) is 7.81. The molecule has 0 aliphatic rings. The highest BCUT2D eigenvalue weighted by Crippen LogP contribution is 2.36. The SMILES string of the molecule is COc1ccc(-c2cc(OC(=O)c3oc4c(C)c(C)ccc4c3C)cc3sc(=O)oc23)cc1. The summed E-state index contributed by atoms with van der Waals surface area (Å²) in [5.74, 6) is 0.556. The van der Waals surface area contributed by atoms with Gasteiger partial charge >= 0.3 is 10.9 Å². The standard InChI is InChI=1S/C26H20O6S/c1-13-5-10-19-15(3)23(31-22(19)14(13)2)25(27)30-18-11-20(16-6-8-17(29-4)9-7-16)24-21(12-18)33-26(28)32-24/h5-12H,1-4H3. The number of rotatable bonds is 4. The molecule has 0 aliphatic carbocycles. The minimum atomic E-state index is -0.600. The lowest BCUT2D eigenvalue weighted by atomic mass is 10.0. The summed E-state index contributed by atoms with van der Waals surface area (Å²) in [7, 11) is 1.59. The van der Waals surface area contributed by atoms with Gasteiger partial charge in [0.2, 0.25) is 5.76 Å². The molecule has 7 heteroatoms. The van der Waals surface area contributed by atoms with Gasteiger partial charge in [-0.3, -0.25) is 0 Å². The molecule has 0 saturated heterocycles. The number of carbonyl (C=O) groups is 1. The smallest absolute Gasteiger partial charge is 0.396 e. The highest BCUT2D eigenvalue weighted by molar-refractivity contribution is 7.16.